The van der Waals surface area contributed by atoms with Gasteiger partial charge in [0, 0.05) is 24.1 Å². The molecule has 0 spiro atoms. The lowest BCUT2D eigenvalue weighted by Gasteiger charge is -2.17. The van der Waals surface area contributed by atoms with E-state index in [1.807, 2.05) is 13.1 Å². The summed E-state index contributed by atoms with van der Waals surface area (Å²) in [5, 5.41) is 32.8. The van der Waals surface area contributed by atoms with Crippen LogP contribution in [0.4, 0.5) is 5.69 Å². The van der Waals surface area contributed by atoms with Gasteiger partial charge in [-0.1, -0.05) is 12.1 Å². The van der Waals surface area contributed by atoms with Gasteiger partial charge >= 0.3 is 0 Å². The molecule has 1 aliphatic rings. The van der Waals surface area contributed by atoms with E-state index in [1.54, 1.807) is 23.6 Å². The van der Waals surface area contributed by atoms with Crippen molar-refractivity contribution in [3.63, 3.8) is 0 Å². The first-order chi connectivity index (χ1) is 13.9. The number of non-ortho nitro benzene ring substituents is 1. The fraction of sp³-hybridized carbons (Fsp3) is 0.368. The number of nitro groups is 1. The molecule has 4 rings (SSSR count). The summed E-state index contributed by atoms with van der Waals surface area (Å²) in [5.41, 5.74) is 2.55. The van der Waals surface area contributed by atoms with Crippen LogP contribution >= 0.6 is 11.8 Å². The number of thioether (sulfide) groups is 1. The fourth-order valence-electron chi connectivity index (χ4n) is 3.46. The van der Waals surface area contributed by atoms with Crippen LogP contribution in [-0.2, 0) is 10.5 Å². The smallest absolute Gasteiger partial charge is 0.269 e. The maximum atomic E-state index is 10.8. The van der Waals surface area contributed by atoms with Crippen molar-refractivity contribution < 1.29 is 19.9 Å². The molecule has 9 nitrogen and oxygen atoms in total. The minimum atomic E-state index is -1.05. The molecule has 2 N–H and O–H groups in total. The number of aryl methyl sites for hydroxylation is 1. The number of ether oxygens (including phenoxy) is 1. The molecular formula is C19H20N4O5S. The highest BCUT2D eigenvalue weighted by molar-refractivity contribution is 7.98. The van der Waals surface area contributed by atoms with Gasteiger partial charge in [-0.3, -0.25) is 10.1 Å². The summed E-state index contributed by atoms with van der Waals surface area (Å²) in [6.45, 7) is 3.65. The predicted octanol–water partition coefficient (Wildman–Crippen LogP) is 2.58. The van der Waals surface area contributed by atoms with Crippen LogP contribution < -0.4 is 0 Å². The highest BCUT2D eigenvalue weighted by Crippen LogP contribution is 2.36. The molecule has 10 heteroatoms. The summed E-state index contributed by atoms with van der Waals surface area (Å²) in [6.07, 6.45) is 0.0805. The van der Waals surface area contributed by atoms with E-state index in [4.69, 9.17) is 4.74 Å². The monoisotopic (exact) mass is 416 g/mol. The average Bonchev–Trinajstić information content (AvgIpc) is 3.18. The Balaban J connectivity index is 1.61. The minimum absolute atomic E-state index is 0.0580. The third-order valence-corrected chi connectivity index (χ3v) is 6.10. The molecular weight excluding hydrogens is 396 g/mol. The van der Waals surface area contributed by atoms with Crippen LogP contribution in [0.25, 0.3) is 11.0 Å². The number of nitro benzene ring substituents is 1. The Labute approximate surface area is 170 Å². The van der Waals surface area contributed by atoms with Crippen LogP contribution in [0.15, 0.2) is 41.8 Å². The van der Waals surface area contributed by atoms with Gasteiger partial charge in [-0.05, 0) is 25.0 Å². The van der Waals surface area contributed by atoms with Crippen LogP contribution in [0.2, 0.25) is 0 Å². The topological polar surface area (TPSA) is 124 Å². The highest BCUT2D eigenvalue weighted by atomic mass is 32.2. The Morgan fingerprint density at radius 1 is 1.24 bits per heavy atom. The van der Waals surface area contributed by atoms with Crippen molar-refractivity contribution in [2.45, 2.75) is 49.2 Å². The number of aliphatic hydroxyl groups is 2. The molecule has 1 aromatic carbocycles. The van der Waals surface area contributed by atoms with E-state index in [1.165, 1.54) is 30.2 Å². The lowest BCUT2D eigenvalue weighted by atomic mass is 10.1. The molecule has 3 heterocycles. The van der Waals surface area contributed by atoms with Gasteiger partial charge in [0.2, 0.25) is 0 Å². The average molecular weight is 416 g/mol. The predicted molar refractivity (Wildman–Crippen MR) is 107 cm³/mol. The van der Waals surface area contributed by atoms with Gasteiger partial charge in [0.15, 0.2) is 6.23 Å². The number of benzene rings is 1. The van der Waals surface area contributed by atoms with Gasteiger partial charge in [0.1, 0.15) is 29.2 Å². The third kappa shape index (κ3) is 3.60. The van der Waals surface area contributed by atoms with E-state index in [0.717, 1.165) is 21.5 Å². The van der Waals surface area contributed by atoms with Crippen LogP contribution in [0.5, 0.6) is 0 Å². The van der Waals surface area contributed by atoms with Crippen molar-refractivity contribution in [2.24, 2.45) is 0 Å². The number of hydrogen-bond donors (Lipinski definition) is 2. The molecule has 152 valence electrons. The quantitative estimate of drug-likeness (QED) is 0.281. The highest BCUT2D eigenvalue weighted by Gasteiger charge is 2.42. The van der Waals surface area contributed by atoms with Crippen molar-refractivity contribution in [2.75, 3.05) is 0 Å². The van der Waals surface area contributed by atoms with Gasteiger partial charge in [0.25, 0.3) is 5.69 Å². The molecule has 2 aromatic heterocycles. The maximum Gasteiger partial charge on any atom is 0.269 e. The molecule has 1 fully saturated rings. The van der Waals surface area contributed by atoms with Crippen molar-refractivity contribution in [1.29, 1.82) is 0 Å². The Morgan fingerprint density at radius 2 is 1.97 bits per heavy atom. The van der Waals surface area contributed by atoms with Crippen LogP contribution in [0, 0.1) is 17.0 Å². The number of rotatable bonds is 5. The summed E-state index contributed by atoms with van der Waals surface area (Å²) in [7, 11) is 0. The number of aliphatic hydroxyl groups excluding tert-OH is 2. The van der Waals surface area contributed by atoms with Gasteiger partial charge in [-0.25, -0.2) is 9.97 Å². The molecule has 29 heavy (non-hydrogen) atoms. The number of nitrogens with zero attached hydrogens (tertiary/aromatic N) is 4. The lowest BCUT2D eigenvalue weighted by molar-refractivity contribution is -0.384. The zero-order valence-corrected chi connectivity index (χ0v) is 16.6. The molecule has 0 saturated carbocycles. The maximum absolute atomic E-state index is 10.8. The first kappa shape index (κ1) is 19.8. The molecule has 1 saturated heterocycles. The van der Waals surface area contributed by atoms with E-state index < -0.39 is 29.5 Å². The summed E-state index contributed by atoms with van der Waals surface area (Å²) in [5.74, 6) is 0.590. The summed E-state index contributed by atoms with van der Waals surface area (Å²) in [4.78, 5) is 19.1. The number of hydrogen-bond acceptors (Lipinski definition) is 8. The van der Waals surface area contributed by atoms with E-state index >= 15 is 0 Å². The van der Waals surface area contributed by atoms with Gasteiger partial charge < -0.3 is 19.5 Å². The van der Waals surface area contributed by atoms with Gasteiger partial charge in [0.05, 0.1) is 16.4 Å². The Bertz CT molecular complexity index is 1050. The van der Waals surface area contributed by atoms with E-state index in [9.17, 15) is 20.3 Å². The van der Waals surface area contributed by atoms with Crippen LogP contribution in [0.1, 0.15) is 24.3 Å². The zero-order valence-electron chi connectivity index (χ0n) is 15.8. The molecule has 0 bridgehead atoms. The first-order valence-corrected chi connectivity index (χ1v) is 10.0. The Morgan fingerprint density at radius 3 is 2.59 bits per heavy atom. The third-order valence-electron chi connectivity index (χ3n) is 5.04. The Kier molecular flexibility index (Phi) is 5.26. The van der Waals surface area contributed by atoms with Crippen molar-refractivity contribution in [3.8, 4) is 0 Å². The van der Waals surface area contributed by atoms with Crippen LogP contribution in [-0.4, -0.2) is 48.0 Å². The van der Waals surface area contributed by atoms with Crippen molar-refractivity contribution in [3.05, 3.63) is 58.0 Å². The zero-order chi connectivity index (χ0) is 20.7. The molecule has 4 atom stereocenters. The van der Waals surface area contributed by atoms with Crippen molar-refractivity contribution >= 4 is 28.5 Å². The van der Waals surface area contributed by atoms with E-state index in [-0.39, 0.29) is 5.69 Å². The summed E-state index contributed by atoms with van der Waals surface area (Å²) < 4.78 is 7.47. The fourth-order valence-corrected chi connectivity index (χ4v) is 4.48. The number of aromatic nitrogens is 3. The SMILES string of the molecule is Cc1cn([C@H]2O[C@H](C)[C@@H](O)[C@H]2O)c2ncnc(SCc3ccc([N+](=O)[O-])cc3)c12. The van der Waals surface area contributed by atoms with Crippen molar-refractivity contribution in [1.82, 2.24) is 14.5 Å². The second kappa shape index (κ2) is 7.71. The van der Waals surface area contributed by atoms with Gasteiger partial charge in [-0.15, -0.1) is 11.8 Å². The summed E-state index contributed by atoms with van der Waals surface area (Å²) >= 11 is 1.50. The van der Waals surface area contributed by atoms with Crippen LogP contribution in [0.3, 0.4) is 0 Å². The number of fused-ring (bicyclic) bond motifs is 1. The lowest BCUT2D eigenvalue weighted by Crippen LogP contribution is -2.30. The van der Waals surface area contributed by atoms with Gasteiger partial charge in [-0.2, -0.15) is 0 Å². The Hall–Kier alpha value is -2.53. The molecule has 0 unspecified atom stereocenters. The largest absolute Gasteiger partial charge is 0.388 e. The molecule has 1 aliphatic heterocycles. The van der Waals surface area contributed by atoms with E-state index in [0.29, 0.717) is 11.4 Å². The van der Waals surface area contributed by atoms with E-state index in [2.05, 4.69) is 9.97 Å². The standard InChI is InChI=1S/C19H20N4O5S/c1-10-7-22(19-16(25)15(24)11(2)28-19)17-14(10)18(21-9-20-17)29-8-12-3-5-13(6-4-12)23(26)27/h3-7,9,11,15-16,19,24-25H,8H2,1-2H3/t11-,15-,16-,19+/m1/s1. The normalized spacial score (nSPS) is 24.3. The molecule has 3 aromatic rings. The molecule has 0 radical (unpaired) electrons. The first-order valence-electron chi connectivity index (χ1n) is 9.06. The second-order valence-electron chi connectivity index (χ2n) is 7.02. The summed E-state index contributed by atoms with van der Waals surface area (Å²) in [6, 6.07) is 6.43. The molecule has 0 amide bonds. The minimum Gasteiger partial charge on any atom is -0.388 e. The molecule has 0 aliphatic carbocycles. The second-order valence-corrected chi connectivity index (χ2v) is 7.99.